The van der Waals surface area contributed by atoms with Crippen LogP contribution in [0.3, 0.4) is 0 Å². The van der Waals surface area contributed by atoms with Crippen LogP contribution in [0, 0.1) is 0 Å². The highest BCUT2D eigenvalue weighted by Crippen LogP contribution is 2.26. The second-order valence-corrected chi connectivity index (χ2v) is 9.25. The number of amides is 1. The molecule has 0 atom stereocenters. The maximum absolute atomic E-state index is 12.0. The maximum atomic E-state index is 12.0. The summed E-state index contributed by atoms with van der Waals surface area (Å²) in [7, 11) is -0.663. The number of fused-ring (bicyclic) bond motifs is 1. The predicted molar refractivity (Wildman–Crippen MR) is 111 cm³/mol. The fraction of sp³-hybridized carbons (Fsp3) is 0.333. The molecule has 0 saturated heterocycles. The lowest BCUT2D eigenvalue weighted by molar-refractivity contribution is -0.149. The summed E-state index contributed by atoms with van der Waals surface area (Å²) in [5.74, 6) is -0.591. The number of nitrogens with one attached hydrogen (secondary N) is 1. The molecule has 2 aromatic carbocycles. The Hall–Kier alpha value is -2.91. The number of esters is 1. The molecule has 0 saturated carbocycles. The van der Waals surface area contributed by atoms with Gasteiger partial charge in [-0.1, -0.05) is 6.07 Å². The smallest absolute Gasteiger partial charge is 0.344 e. The van der Waals surface area contributed by atoms with E-state index in [2.05, 4.69) is 5.32 Å². The van der Waals surface area contributed by atoms with E-state index in [0.717, 1.165) is 23.6 Å². The van der Waals surface area contributed by atoms with Crippen LogP contribution in [0.4, 0.5) is 5.69 Å². The second-order valence-electron chi connectivity index (χ2n) is 7.09. The first kappa shape index (κ1) is 21.8. The fourth-order valence-corrected chi connectivity index (χ4v) is 3.99. The zero-order chi connectivity index (χ0) is 21.7. The van der Waals surface area contributed by atoms with Crippen LogP contribution in [0.15, 0.2) is 47.4 Å². The number of benzene rings is 2. The summed E-state index contributed by atoms with van der Waals surface area (Å²) in [5, 5.41) is 2.54. The third kappa shape index (κ3) is 5.37. The molecule has 1 aliphatic rings. The van der Waals surface area contributed by atoms with E-state index < -0.39 is 28.5 Å². The van der Waals surface area contributed by atoms with Crippen molar-refractivity contribution in [2.24, 2.45) is 0 Å². The Bertz CT molecular complexity index is 1030. The first-order chi connectivity index (χ1) is 14.3. The molecule has 8 nitrogen and oxygen atoms in total. The number of carbonyl (C=O) groups is 2. The van der Waals surface area contributed by atoms with Crippen molar-refractivity contribution in [3.05, 3.63) is 53.6 Å². The Morgan fingerprint density at radius 3 is 2.40 bits per heavy atom. The summed E-state index contributed by atoms with van der Waals surface area (Å²) in [4.78, 5) is 23.9. The summed E-state index contributed by atoms with van der Waals surface area (Å²) >= 11 is 0. The molecule has 0 aliphatic heterocycles. The van der Waals surface area contributed by atoms with Gasteiger partial charge in [0.1, 0.15) is 5.75 Å². The van der Waals surface area contributed by atoms with Gasteiger partial charge in [-0.15, -0.1) is 0 Å². The van der Waals surface area contributed by atoms with Crippen LogP contribution in [0.2, 0.25) is 0 Å². The number of ether oxygens (including phenoxy) is 2. The Morgan fingerprint density at radius 1 is 1.00 bits per heavy atom. The van der Waals surface area contributed by atoms with Crippen molar-refractivity contribution in [1.82, 2.24) is 4.31 Å². The van der Waals surface area contributed by atoms with Gasteiger partial charge in [0, 0.05) is 19.8 Å². The lowest BCUT2D eigenvalue weighted by Gasteiger charge is -2.12. The van der Waals surface area contributed by atoms with E-state index in [1.54, 1.807) is 0 Å². The second kappa shape index (κ2) is 9.27. The third-order valence-electron chi connectivity index (χ3n) is 4.71. The SMILES string of the molecule is CN(C)S(=O)(=O)c1ccc(NC(=O)COC(=O)COc2ccc3c(c2)CCC3)cc1. The minimum Gasteiger partial charge on any atom is -0.482 e. The summed E-state index contributed by atoms with van der Waals surface area (Å²) in [6, 6.07) is 11.5. The van der Waals surface area contributed by atoms with E-state index in [9.17, 15) is 18.0 Å². The van der Waals surface area contributed by atoms with Crippen LogP contribution in [-0.4, -0.2) is 51.9 Å². The van der Waals surface area contributed by atoms with Crippen molar-refractivity contribution in [3.8, 4) is 5.75 Å². The average Bonchev–Trinajstić information content (AvgIpc) is 3.19. The van der Waals surface area contributed by atoms with Crippen molar-refractivity contribution in [2.45, 2.75) is 24.2 Å². The van der Waals surface area contributed by atoms with Crippen LogP contribution in [0.5, 0.6) is 5.75 Å². The molecule has 30 heavy (non-hydrogen) atoms. The zero-order valence-electron chi connectivity index (χ0n) is 16.9. The van der Waals surface area contributed by atoms with Crippen LogP contribution >= 0.6 is 0 Å². The van der Waals surface area contributed by atoms with Gasteiger partial charge in [0.05, 0.1) is 4.90 Å². The van der Waals surface area contributed by atoms with Gasteiger partial charge in [0.15, 0.2) is 13.2 Å². The van der Waals surface area contributed by atoms with E-state index in [4.69, 9.17) is 9.47 Å². The first-order valence-corrected chi connectivity index (χ1v) is 10.9. The Labute approximate surface area is 175 Å². The number of anilines is 1. The lowest BCUT2D eigenvalue weighted by Crippen LogP contribution is -2.24. The zero-order valence-corrected chi connectivity index (χ0v) is 17.7. The quantitative estimate of drug-likeness (QED) is 0.640. The highest BCUT2D eigenvalue weighted by atomic mass is 32.2. The maximum Gasteiger partial charge on any atom is 0.344 e. The molecule has 0 fully saturated rings. The molecule has 1 aliphatic carbocycles. The summed E-state index contributed by atoms with van der Waals surface area (Å²) in [5.41, 5.74) is 2.95. The molecule has 0 bridgehead atoms. The van der Waals surface area contributed by atoms with Gasteiger partial charge in [0.25, 0.3) is 5.91 Å². The van der Waals surface area contributed by atoms with Crippen LogP contribution in [-0.2, 0) is 37.2 Å². The van der Waals surface area contributed by atoms with E-state index in [0.29, 0.717) is 11.4 Å². The Balaban J connectivity index is 1.43. The van der Waals surface area contributed by atoms with E-state index in [1.165, 1.54) is 49.5 Å². The van der Waals surface area contributed by atoms with Gasteiger partial charge in [-0.2, -0.15) is 0 Å². The summed E-state index contributed by atoms with van der Waals surface area (Å²) in [6.07, 6.45) is 3.21. The van der Waals surface area contributed by atoms with Crippen LogP contribution < -0.4 is 10.1 Å². The molecule has 1 N–H and O–H groups in total. The van der Waals surface area contributed by atoms with Crippen molar-refractivity contribution < 1.29 is 27.5 Å². The van der Waals surface area contributed by atoms with Crippen molar-refractivity contribution >= 4 is 27.6 Å². The van der Waals surface area contributed by atoms with Crippen molar-refractivity contribution in [1.29, 1.82) is 0 Å². The number of nitrogens with zero attached hydrogens (tertiary/aromatic N) is 1. The molecule has 0 radical (unpaired) electrons. The molecule has 0 spiro atoms. The molecule has 0 unspecified atom stereocenters. The molecular weight excluding hydrogens is 408 g/mol. The molecule has 1 amide bonds. The minimum absolute atomic E-state index is 0.112. The number of hydrogen-bond donors (Lipinski definition) is 1. The van der Waals surface area contributed by atoms with Gasteiger partial charge in [-0.25, -0.2) is 17.5 Å². The molecular formula is C21H24N2O6S. The topological polar surface area (TPSA) is 102 Å². The standard InChI is InChI=1S/C21H24N2O6S/c1-23(2)30(26,27)19-10-7-17(8-11-19)22-20(24)13-29-21(25)14-28-18-9-6-15-4-3-5-16(15)12-18/h6-12H,3-5,13-14H2,1-2H3,(H,22,24). The van der Waals surface area contributed by atoms with Gasteiger partial charge >= 0.3 is 5.97 Å². The highest BCUT2D eigenvalue weighted by Gasteiger charge is 2.17. The third-order valence-corrected chi connectivity index (χ3v) is 6.54. The van der Waals surface area contributed by atoms with Crippen molar-refractivity contribution in [2.75, 3.05) is 32.6 Å². The number of carbonyl (C=O) groups excluding carboxylic acids is 2. The van der Waals surface area contributed by atoms with Gasteiger partial charge < -0.3 is 14.8 Å². The Kier molecular flexibility index (Phi) is 6.73. The minimum atomic E-state index is -3.54. The van der Waals surface area contributed by atoms with Gasteiger partial charge in [0.2, 0.25) is 10.0 Å². The molecule has 9 heteroatoms. The molecule has 0 aromatic heterocycles. The fourth-order valence-electron chi connectivity index (χ4n) is 3.09. The number of sulfonamides is 1. The largest absolute Gasteiger partial charge is 0.482 e. The normalized spacial score (nSPS) is 13.0. The molecule has 3 rings (SSSR count). The van der Waals surface area contributed by atoms with Gasteiger partial charge in [-0.05, 0) is 66.8 Å². The number of hydrogen-bond acceptors (Lipinski definition) is 6. The van der Waals surface area contributed by atoms with E-state index >= 15 is 0 Å². The summed E-state index contributed by atoms with van der Waals surface area (Å²) < 4.78 is 35.5. The molecule has 160 valence electrons. The predicted octanol–water partition coefficient (Wildman–Crippen LogP) is 1.99. The number of aryl methyl sites for hydroxylation is 2. The number of rotatable bonds is 8. The molecule has 0 heterocycles. The average molecular weight is 432 g/mol. The van der Waals surface area contributed by atoms with E-state index in [-0.39, 0.29) is 11.5 Å². The highest BCUT2D eigenvalue weighted by molar-refractivity contribution is 7.89. The molecule has 2 aromatic rings. The lowest BCUT2D eigenvalue weighted by atomic mass is 10.1. The van der Waals surface area contributed by atoms with Crippen LogP contribution in [0.1, 0.15) is 17.5 Å². The first-order valence-electron chi connectivity index (χ1n) is 9.48. The van der Waals surface area contributed by atoms with Crippen molar-refractivity contribution in [3.63, 3.8) is 0 Å². The van der Waals surface area contributed by atoms with Gasteiger partial charge in [-0.3, -0.25) is 4.79 Å². The Morgan fingerprint density at radius 2 is 1.70 bits per heavy atom. The van der Waals surface area contributed by atoms with Crippen LogP contribution in [0.25, 0.3) is 0 Å². The summed E-state index contributed by atoms with van der Waals surface area (Å²) in [6.45, 7) is -0.757. The monoisotopic (exact) mass is 432 g/mol. The van der Waals surface area contributed by atoms with E-state index in [1.807, 2.05) is 18.2 Å².